The van der Waals surface area contributed by atoms with Crippen LogP contribution in [0.5, 0.6) is 0 Å². The Morgan fingerprint density at radius 1 is 1.32 bits per heavy atom. The van der Waals surface area contributed by atoms with Crippen molar-refractivity contribution < 1.29 is 12.8 Å². The quantitative estimate of drug-likeness (QED) is 0.852. The van der Waals surface area contributed by atoms with Crippen LogP contribution in [0.25, 0.3) is 0 Å². The van der Waals surface area contributed by atoms with Gasteiger partial charge in [-0.05, 0) is 44.1 Å². The normalized spacial score (nSPS) is 16.9. The van der Waals surface area contributed by atoms with E-state index >= 15 is 0 Å². The number of hydrogen-bond donors (Lipinski definition) is 2. The monoisotopic (exact) mass is 372 g/mol. The second kappa shape index (κ2) is 6.99. The molecule has 1 aromatic carbocycles. The van der Waals surface area contributed by atoms with E-state index in [0.29, 0.717) is 4.47 Å². The highest BCUT2D eigenvalue weighted by Gasteiger charge is 2.24. The summed E-state index contributed by atoms with van der Waals surface area (Å²) >= 11 is 3.10. The second-order valence-corrected chi connectivity index (χ2v) is 6.82. The third kappa shape index (κ3) is 4.39. The number of hydrogen-bond acceptors (Lipinski definition) is 3. The van der Waals surface area contributed by atoms with E-state index in [9.17, 15) is 12.8 Å². The lowest BCUT2D eigenvalue weighted by molar-refractivity contribution is 0.426. The Balaban J connectivity index is 0.00000180. The van der Waals surface area contributed by atoms with Crippen LogP contribution >= 0.6 is 28.3 Å². The Bertz CT molecular complexity index is 535. The highest BCUT2D eigenvalue weighted by molar-refractivity contribution is 9.10. The molecule has 1 heterocycles. The van der Waals surface area contributed by atoms with Crippen LogP contribution in [0.3, 0.4) is 0 Å². The molecule has 4 nitrogen and oxygen atoms in total. The third-order valence-corrected chi connectivity index (χ3v) is 4.89. The first-order valence-electron chi connectivity index (χ1n) is 5.67. The Labute approximate surface area is 126 Å². The summed E-state index contributed by atoms with van der Waals surface area (Å²) in [5.74, 6) is -0.745. The van der Waals surface area contributed by atoms with Crippen LogP contribution in [0.4, 0.5) is 4.39 Å². The number of sulfonamides is 1. The first-order valence-corrected chi connectivity index (χ1v) is 7.95. The minimum atomic E-state index is -3.78. The van der Waals surface area contributed by atoms with E-state index in [1.54, 1.807) is 0 Å². The van der Waals surface area contributed by atoms with Crippen molar-refractivity contribution in [2.24, 2.45) is 0 Å². The predicted molar refractivity (Wildman–Crippen MR) is 77.6 cm³/mol. The van der Waals surface area contributed by atoms with Crippen molar-refractivity contribution in [1.82, 2.24) is 10.0 Å². The highest BCUT2D eigenvalue weighted by Crippen LogP contribution is 2.20. The van der Waals surface area contributed by atoms with Gasteiger partial charge in [-0.25, -0.2) is 17.5 Å². The van der Waals surface area contributed by atoms with E-state index in [-0.39, 0.29) is 23.3 Å². The largest absolute Gasteiger partial charge is 0.317 e. The van der Waals surface area contributed by atoms with Crippen molar-refractivity contribution in [3.8, 4) is 0 Å². The van der Waals surface area contributed by atoms with Gasteiger partial charge in [0.1, 0.15) is 10.7 Å². The van der Waals surface area contributed by atoms with Crippen molar-refractivity contribution in [2.45, 2.75) is 23.8 Å². The number of nitrogens with one attached hydrogen (secondary N) is 2. The van der Waals surface area contributed by atoms with Crippen molar-refractivity contribution in [3.05, 3.63) is 28.5 Å². The Morgan fingerprint density at radius 2 is 1.95 bits per heavy atom. The molecule has 0 atom stereocenters. The fraction of sp³-hybridized carbons (Fsp3) is 0.455. The summed E-state index contributed by atoms with van der Waals surface area (Å²) in [5, 5.41) is 3.14. The lowest BCUT2D eigenvalue weighted by Crippen LogP contribution is -2.42. The average Bonchev–Trinajstić information content (AvgIpc) is 2.29. The zero-order valence-electron chi connectivity index (χ0n) is 10.0. The van der Waals surface area contributed by atoms with Crippen LogP contribution in [-0.4, -0.2) is 27.5 Å². The molecule has 0 aliphatic carbocycles. The molecular weight excluding hydrogens is 359 g/mol. The summed E-state index contributed by atoms with van der Waals surface area (Å²) in [7, 11) is -3.78. The van der Waals surface area contributed by atoms with Gasteiger partial charge in [0.25, 0.3) is 0 Å². The van der Waals surface area contributed by atoms with Gasteiger partial charge in [-0.2, -0.15) is 0 Å². The van der Waals surface area contributed by atoms with Gasteiger partial charge >= 0.3 is 0 Å². The summed E-state index contributed by atoms with van der Waals surface area (Å²) in [6.45, 7) is 1.55. The zero-order chi connectivity index (χ0) is 13.2. The van der Waals surface area contributed by atoms with E-state index in [1.165, 1.54) is 12.1 Å². The zero-order valence-corrected chi connectivity index (χ0v) is 13.2. The minimum Gasteiger partial charge on any atom is -0.317 e. The number of benzene rings is 1. The van der Waals surface area contributed by atoms with Gasteiger partial charge in [0.05, 0.1) is 0 Å². The minimum absolute atomic E-state index is 0. The molecule has 0 bridgehead atoms. The fourth-order valence-electron chi connectivity index (χ4n) is 1.92. The maximum atomic E-state index is 13.6. The maximum Gasteiger partial charge on any atom is 0.243 e. The topological polar surface area (TPSA) is 58.2 Å². The second-order valence-electron chi connectivity index (χ2n) is 4.22. The van der Waals surface area contributed by atoms with Crippen molar-refractivity contribution >= 4 is 38.4 Å². The molecule has 1 fully saturated rings. The van der Waals surface area contributed by atoms with Gasteiger partial charge in [-0.15, -0.1) is 12.4 Å². The average molecular weight is 374 g/mol. The van der Waals surface area contributed by atoms with Crippen molar-refractivity contribution in [2.75, 3.05) is 13.1 Å². The van der Waals surface area contributed by atoms with Gasteiger partial charge in [0.15, 0.2) is 0 Å². The maximum absolute atomic E-state index is 13.6. The third-order valence-electron chi connectivity index (χ3n) is 2.84. The summed E-state index contributed by atoms with van der Waals surface area (Å²) in [6.07, 6.45) is 1.44. The lowest BCUT2D eigenvalue weighted by atomic mass is 10.1. The first kappa shape index (κ1) is 16.8. The Kier molecular flexibility index (Phi) is 6.19. The van der Waals surface area contributed by atoms with Crippen LogP contribution in [0, 0.1) is 5.82 Å². The Morgan fingerprint density at radius 3 is 2.53 bits per heavy atom. The van der Waals surface area contributed by atoms with Crippen LogP contribution in [-0.2, 0) is 10.0 Å². The van der Waals surface area contributed by atoms with Crippen LogP contribution in [0.15, 0.2) is 27.6 Å². The molecule has 0 spiro atoms. The van der Waals surface area contributed by atoms with Crippen LogP contribution in [0.2, 0.25) is 0 Å². The first-order chi connectivity index (χ1) is 8.49. The van der Waals surface area contributed by atoms with E-state index < -0.39 is 15.8 Å². The van der Waals surface area contributed by atoms with E-state index in [4.69, 9.17) is 0 Å². The van der Waals surface area contributed by atoms with E-state index in [1.807, 2.05) is 0 Å². The van der Waals surface area contributed by atoms with Gasteiger partial charge < -0.3 is 5.32 Å². The van der Waals surface area contributed by atoms with Gasteiger partial charge in [0, 0.05) is 10.5 Å². The lowest BCUT2D eigenvalue weighted by Gasteiger charge is -2.23. The smallest absolute Gasteiger partial charge is 0.243 e. The van der Waals surface area contributed by atoms with E-state index in [2.05, 4.69) is 26.0 Å². The van der Waals surface area contributed by atoms with Gasteiger partial charge in [-0.1, -0.05) is 15.9 Å². The molecule has 1 aliphatic rings. The molecule has 2 N–H and O–H groups in total. The van der Waals surface area contributed by atoms with Crippen molar-refractivity contribution in [3.63, 3.8) is 0 Å². The molecular formula is C11H15BrClFN2O2S. The molecule has 0 saturated carbocycles. The molecule has 19 heavy (non-hydrogen) atoms. The number of halogens is 3. The molecule has 1 aromatic rings. The van der Waals surface area contributed by atoms with E-state index in [0.717, 1.165) is 32.0 Å². The SMILES string of the molecule is Cl.O=S(=O)(NC1CCNCC1)c1ccc(Br)cc1F. The molecule has 1 saturated heterocycles. The summed E-state index contributed by atoms with van der Waals surface area (Å²) < 4.78 is 40.8. The summed E-state index contributed by atoms with van der Waals surface area (Å²) in [4.78, 5) is -0.302. The molecule has 8 heteroatoms. The molecule has 0 radical (unpaired) electrons. The standard InChI is InChI=1S/C11H14BrFN2O2S.ClH/c12-8-1-2-11(10(13)7-8)18(16,17)15-9-3-5-14-6-4-9;/h1-2,7,9,14-15H,3-6H2;1H. The summed E-state index contributed by atoms with van der Waals surface area (Å²) in [6, 6.07) is 3.80. The molecule has 108 valence electrons. The molecule has 0 unspecified atom stereocenters. The highest BCUT2D eigenvalue weighted by atomic mass is 79.9. The predicted octanol–water partition coefficient (Wildman–Crippen LogP) is 2.04. The van der Waals surface area contributed by atoms with Gasteiger partial charge in [-0.3, -0.25) is 0 Å². The number of rotatable bonds is 3. The van der Waals surface area contributed by atoms with Crippen LogP contribution in [0.1, 0.15) is 12.8 Å². The number of piperidine rings is 1. The van der Waals surface area contributed by atoms with Crippen LogP contribution < -0.4 is 10.0 Å². The molecule has 0 aromatic heterocycles. The Hall–Kier alpha value is -0.210. The fourth-order valence-corrected chi connectivity index (χ4v) is 3.61. The molecule has 0 amide bonds. The van der Waals surface area contributed by atoms with Gasteiger partial charge in [0.2, 0.25) is 10.0 Å². The van der Waals surface area contributed by atoms with Crippen molar-refractivity contribution in [1.29, 1.82) is 0 Å². The molecule has 2 rings (SSSR count). The molecule has 1 aliphatic heterocycles. The summed E-state index contributed by atoms with van der Waals surface area (Å²) in [5.41, 5.74) is 0.